The molecule has 2 fully saturated rings. The van der Waals surface area contributed by atoms with E-state index in [9.17, 15) is 8.42 Å². The van der Waals surface area contributed by atoms with Gasteiger partial charge in [-0.15, -0.1) is 0 Å². The zero-order chi connectivity index (χ0) is 21.4. The number of fused-ring (bicyclic) bond motifs is 1. The minimum atomic E-state index is -3.68. The topological polar surface area (TPSA) is 80.3 Å². The fourth-order valence-electron chi connectivity index (χ4n) is 3.26. The lowest BCUT2D eigenvalue weighted by atomic mass is 9.99. The van der Waals surface area contributed by atoms with Gasteiger partial charge in [0.05, 0.1) is 19.5 Å². The van der Waals surface area contributed by atoms with Crippen molar-refractivity contribution in [1.29, 1.82) is 0 Å². The molecule has 1 aromatic carbocycles. The summed E-state index contributed by atoms with van der Waals surface area (Å²) in [5.74, 6) is 0. The summed E-state index contributed by atoms with van der Waals surface area (Å²) >= 11 is 0. The Hall–Kier alpha value is -0.813. The van der Waals surface area contributed by atoms with Gasteiger partial charge in [-0.25, -0.2) is 0 Å². The average molecular weight is 445 g/mol. The summed E-state index contributed by atoms with van der Waals surface area (Å²) in [6, 6.07) is 9.64. The predicted molar refractivity (Wildman–Crippen MR) is 112 cm³/mol. The fraction of sp³-hybridized carbons (Fsp3) is 0.700. The van der Waals surface area contributed by atoms with E-state index >= 15 is 0 Å². The molecule has 0 aliphatic carbocycles. The Bertz CT molecular complexity index is 791. The first-order valence-corrected chi connectivity index (χ1v) is 14.6. The van der Waals surface area contributed by atoms with Crippen molar-refractivity contribution >= 4 is 18.4 Å². The molecule has 3 rings (SSSR count). The van der Waals surface area contributed by atoms with Crippen LogP contribution in [0.25, 0.3) is 0 Å². The number of rotatable bonds is 5. The molecule has 0 amide bonds. The molecule has 0 saturated carbocycles. The van der Waals surface area contributed by atoms with Gasteiger partial charge in [-0.1, -0.05) is 51.1 Å². The highest BCUT2D eigenvalue weighted by atomic mass is 32.2. The normalized spacial score (nSPS) is 31.3. The highest BCUT2D eigenvalue weighted by Crippen LogP contribution is 2.41. The van der Waals surface area contributed by atoms with Gasteiger partial charge in [0, 0.05) is 5.56 Å². The van der Waals surface area contributed by atoms with Gasteiger partial charge in [0.15, 0.2) is 14.6 Å². The largest absolute Gasteiger partial charge is 0.408 e. The molecule has 2 aliphatic heterocycles. The van der Waals surface area contributed by atoms with Crippen molar-refractivity contribution in [1.82, 2.24) is 0 Å². The van der Waals surface area contributed by atoms with Gasteiger partial charge in [0.2, 0.25) is 0 Å². The molecule has 2 heterocycles. The van der Waals surface area contributed by atoms with Crippen molar-refractivity contribution in [2.45, 2.75) is 69.6 Å². The first-order valence-electron chi connectivity index (χ1n) is 9.87. The summed E-state index contributed by atoms with van der Waals surface area (Å²) in [5.41, 5.74) is 0.892. The van der Waals surface area contributed by atoms with Crippen molar-refractivity contribution in [3.8, 4) is 0 Å². The molecule has 7 nitrogen and oxygen atoms in total. The summed E-state index contributed by atoms with van der Waals surface area (Å²) < 4.78 is 53.7. The number of ether oxygens (including phenoxy) is 3. The molecule has 9 heteroatoms. The summed E-state index contributed by atoms with van der Waals surface area (Å²) in [7, 11) is -5.92. The SMILES string of the molecule is CC(C)(C)[Si](C)(C)O[C@H]1[C@@H]2O[C@H](c3ccccc3)OC[C@H]2OC[C@@H]1OS(C)(=O)=O. The van der Waals surface area contributed by atoms with Crippen LogP contribution in [0.3, 0.4) is 0 Å². The minimum absolute atomic E-state index is 0.0551. The van der Waals surface area contributed by atoms with Crippen LogP contribution in [-0.2, 0) is 32.9 Å². The number of benzene rings is 1. The second-order valence-electron chi connectivity index (χ2n) is 9.23. The number of hydrogen-bond donors (Lipinski definition) is 0. The molecule has 5 atom stereocenters. The third-order valence-corrected chi connectivity index (χ3v) is 10.9. The summed E-state index contributed by atoms with van der Waals surface area (Å²) in [6.45, 7) is 11.1. The van der Waals surface area contributed by atoms with Crippen LogP contribution < -0.4 is 0 Å². The Morgan fingerprint density at radius 3 is 2.31 bits per heavy atom. The van der Waals surface area contributed by atoms with Gasteiger partial charge in [0.25, 0.3) is 10.1 Å². The van der Waals surface area contributed by atoms with Crippen LogP contribution in [0, 0.1) is 0 Å². The van der Waals surface area contributed by atoms with Gasteiger partial charge in [-0.2, -0.15) is 8.42 Å². The molecule has 2 aliphatic rings. The first kappa shape index (κ1) is 22.9. The molecule has 0 bridgehead atoms. The maximum atomic E-state index is 11.9. The monoisotopic (exact) mass is 444 g/mol. The predicted octanol–water partition coefficient (Wildman–Crippen LogP) is 3.23. The lowest BCUT2D eigenvalue weighted by Gasteiger charge is -2.49. The third kappa shape index (κ3) is 5.46. The first-order chi connectivity index (χ1) is 13.4. The van der Waals surface area contributed by atoms with E-state index < -0.39 is 43.0 Å². The molecule has 0 N–H and O–H groups in total. The van der Waals surface area contributed by atoms with Gasteiger partial charge in [0.1, 0.15) is 24.4 Å². The standard InChI is InChI=1S/C20H32O7SSi/c1-20(2,3)29(5,6)27-18-16(26-28(4,21)22)13-23-15-12-24-19(25-17(15)18)14-10-8-7-9-11-14/h7-11,15-19H,12-13H2,1-6H3/t15-,16+,17-,18-,19-/m1/s1. The van der Waals surface area contributed by atoms with Crippen molar-refractivity contribution in [3.63, 3.8) is 0 Å². The molecular formula is C20H32O7SSi. The van der Waals surface area contributed by atoms with E-state index in [1.54, 1.807) is 0 Å². The number of hydrogen-bond acceptors (Lipinski definition) is 7. The lowest BCUT2D eigenvalue weighted by Crippen LogP contribution is -2.63. The zero-order valence-corrected chi connectivity index (χ0v) is 19.8. The van der Waals surface area contributed by atoms with E-state index in [1.807, 2.05) is 30.3 Å². The Labute approximate surface area is 174 Å². The van der Waals surface area contributed by atoms with Gasteiger partial charge in [-0.05, 0) is 18.1 Å². The Morgan fingerprint density at radius 2 is 1.72 bits per heavy atom. The van der Waals surface area contributed by atoms with Gasteiger partial charge < -0.3 is 18.6 Å². The van der Waals surface area contributed by atoms with Gasteiger partial charge >= 0.3 is 0 Å². The molecule has 29 heavy (non-hydrogen) atoms. The maximum absolute atomic E-state index is 11.9. The maximum Gasteiger partial charge on any atom is 0.264 e. The molecule has 0 spiro atoms. The van der Waals surface area contributed by atoms with Crippen molar-refractivity contribution in [2.75, 3.05) is 19.5 Å². The molecule has 164 valence electrons. The molecule has 0 radical (unpaired) electrons. The van der Waals surface area contributed by atoms with E-state index in [2.05, 4.69) is 33.9 Å². The van der Waals surface area contributed by atoms with E-state index in [0.29, 0.717) is 6.61 Å². The second-order valence-corrected chi connectivity index (χ2v) is 15.6. The van der Waals surface area contributed by atoms with Crippen LogP contribution >= 0.6 is 0 Å². The summed E-state index contributed by atoms with van der Waals surface area (Å²) in [4.78, 5) is 0. The molecule has 1 aromatic rings. The van der Waals surface area contributed by atoms with E-state index in [0.717, 1.165) is 11.8 Å². The average Bonchev–Trinajstić information content (AvgIpc) is 2.62. The smallest absolute Gasteiger partial charge is 0.264 e. The Balaban J connectivity index is 1.89. The fourth-order valence-corrected chi connectivity index (χ4v) is 5.19. The van der Waals surface area contributed by atoms with Crippen LogP contribution in [-0.4, -0.2) is 60.6 Å². The van der Waals surface area contributed by atoms with Gasteiger partial charge in [-0.3, -0.25) is 4.18 Å². The van der Waals surface area contributed by atoms with Crippen LogP contribution in [0.5, 0.6) is 0 Å². The van der Waals surface area contributed by atoms with Crippen molar-refractivity contribution in [3.05, 3.63) is 35.9 Å². The summed E-state index contributed by atoms with van der Waals surface area (Å²) in [6.07, 6.45) is -1.70. The Morgan fingerprint density at radius 1 is 1.07 bits per heavy atom. The highest BCUT2D eigenvalue weighted by Gasteiger charge is 2.51. The van der Waals surface area contributed by atoms with E-state index in [4.69, 9.17) is 22.8 Å². The molecule has 0 unspecified atom stereocenters. The van der Waals surface area contributed by atoms with E-state index in [-0.39, 0.29) is 17.7 Å². The minimum Gasteiger partial charge on any atom is -0.408 e. The molecular weight excluding hydrogens is 412 g/mol. The van der Waals surface area contributed by atoms with Crippen molar-refractivity contribution in [2.24, 2.45) is 0 Å². The second kappa shape index (κ2) is 8.37. The van der Waals surface area contributed by atoms with Crippen LogP contribution in [0.1, 0.15) is 32.6 Å². The van der Waals surface area contributed by atoms with Crippen molar-refractivity contribution < 1.29 is 31.2 Å². The quantitative estimate of drug-likeness (QED) is 0.509. The Kier molecular flexibility index (Phi) is 6.60. The highest BCUT2D eigenvalue weighted by molar-refractivity contribution is 7.86. The van der Waals surface area contributed by atoms with E-state index in [1.165, 1.54) is 0 Å². The van der Waals surface area contributed by atoms with Crippen LogP contribution in [0.2, 0.25) is 18.1 Å². The summed E-state index contributed by atoms with van der Waals surface area (Å²) in [5, 5.41) is -0.0551. The lowest BCUT2D eigenvalue weighted by molar-refractivity contribution is -0.309. The third-order valence-electron chi connectivity index (χ3n) is 5.83. The van der Waals surface area contributed by atoms with Crippen LogP contribution in [0.15, 0.2) is 30.3 Å². The molecule has 0 aromatic heterocycles. The molecule has 2 saturated heterocycles. The van der Waals surface area contributed by atoms with Crippen LogP contribution in [0.4, 0.5) is 0 Å². The zero-order valence-electron chi connectivity index (χ0n) is 18.0.